The third kappa shape index (κ3) is 3.65. The standard InChI is InChI=1S/C12H22N4OS/c1-10-8-15(3-4-16(10)5-6-17-2)9-11-7-14-12(13)18-11/h7,10H,3-6,8-9H2,1-2H3,(H2,13,14). The average molecular weight is 270 g/mol. The monoisotopic (exact) mass is 270 g/mol. The van der Waals surface area contributed by atoms with Crippen molar-refractivity contribution < 1.29 is 4.74 Å². The number of nitrogen functional groups attached to an aromatic ring is 1. The van der Waals surface area contributed by atoms with Gasteiger partial charge in [0.1, 0.15) is 0 Å². The quantitative estimate of drug-likeness (QED) is 0.861. The van der Waals surface area contributed by atoms with E-state index in [2.05, 4.69) is 21.7 Å². The molecular formula is C12H22N4OS. The van der Waals surface area contributed by atoms with Crippen LogP contribution in [0.4, 0.5) is 5.13 Å². The summed E-state index contributed by atoms with van der Waals surface area (Å²) in [5.41, 5.74) is 5.65. The summed E-state index contributed by atoms with van der Waals surface area (Å²) in [6.45, 7) is 8.40. The number of piperazine rings is 1. The molecule has 0 amide bonds. The van der Waals surface area contributed by atoms with Crippen LogP contribution in [0.1, 0.15) is 11.8 Å². The molecule has 1 aromatic rings. The number of hydrogen-bond acceptors (Lipinski definition) is 6. The van der Waals surface area contributed by atoms with Crippen LogP contribution in [0.25, 0.3) is 0 Å². The topological polar surface area (TPSA) is 54.6 Å². The third-order valence-electron chi connectivity index (χ3n) is 3.38. The Morgan fingerprint density at radius 3 is 3.00 bits per heavy atom. The molecule has 1 aliphatic rings. The van der Waals surface area contributed by atoms with Gasteiger partial charge in [0.05, 0.1) is 6.61 Å². The zero-order valence-electron chi connectivity index (χ0n) is 11.1. The number of thiazole rings is 1. The van der Waals surface area contributed by atoms with E-state index in [1.165, 1.54) is 4.88 Å². The fourth-order valence-corrected chi connectivity index (χ4v) is 3.10. The van der Waals surface area contributed by atoms with Crippen molar-refractivity contribution in [3.63, 3.8) is 0 Å². The minimum absolute atomic E-state index is 0.583. The maximum absolute atomic E-state index is 5.65. The number of aromatic nitrogens is 1. The molecule has 1 fully saturated rings. The summed E-state index contributed by atoms with van der Waals surface area (Å²) >= 11 is 1.59. The van der Waals surface area contributed by atoms with Crippen LogP contribution >= 0.6 is 11.3 Å². The van der Waals surface area contributed by atoms with Crippen molar-refractivity contribution in [3.05, 3.63) is 11.1 Å². The van der Waals surface area contributed by atoms with Gasteiger partial charge in [-0.1, -0.05) is 0 Å². The molecule has 1 aliphatic heterocycles. The number of methoxy groups -OCH3 is 1. The van der Waals surface area contributed by atoms with E-state index in [1.54, 1.807) is 18.4 Å². The Morgan fingerprint density at radius 1 is 1.56 bits per heavy atom. The van der Waals surface area contributed by atoms with E-state index in [4.69, 9.17) is 10.5 Å². The number of rotatable bonds is 5. The summed E-state index contributed by atoms with van der Waals surface area (Å²) < 4.78 is 5.14. The molecule has 1 saturated heterocycles. The first-order valence-corrected chi connectivity index (χ1v) is 7.16. The Morgan fingerprint density at radius 2 is 2.39 bits per heavy atom. The molecule has 0 spiro atoms. The van der Waals surface area contributed by atoms with Crippen LogP contribution in [-0.4, -0.2) is 60.7 Å². The van der Waals surface area contributed by atoms with Gasteiger partial charge in [0.15, 0.2) is 5.13 Å². The highest BCUT2D eigenvalue weighted by atomic mass is 32.1. The summed E-state index contributed by atoms with van der Waals surface area (Å²) in [5, 5.41) is 0.664. The second-order valence-electron chi connectivity index (χ2n) is 4.78. The molecule has 2 heterocycles. The maximum atomic E-state index is 5.65. The first kappa shape index (κ1) is 13.7. The zero-order chi connectivity index (χ0) is 13.0. The number of anilines is 1. The smallest absolute Gasteiger partial charge is 0.180 e. The lowest BCUT2D eigenvalue weighted by Crippen LogP contribution is -2.52. The lowest BCUT2D eigenvalue weighted by Gasteiger charge is -2.39. The third-order valence-corrected chi connectivity index (χ3v) is 4.19. The molecule has 0 bridgehead atoms. The van der Waals surface area contributed by atoms with Crippen LogP contribution < -0.4 is 5.73 Å². The molecule has 2 rings (SSSR count). The minimum Gasteiger partial charge on any atom is -0.383 e. The molecule has 0 aromatic carbocycles. The summed E-state index contributed by atoms with van der Waals surface area (Å²) in [7, 11) is 1.76. The second-order valence-corrected chi connectivity index (χ2v) is 5.92. The van der Waals surface area contributed by atoms with Crippen molar-refractivity contribution >= 4 is 16.5 Å². The minimum atomic E-state index is 0.583. The molecule has 1 aromatic heterocycles. The van der Waals surface area contributed by atoms with Crippen molar-refractivity contribution in [1.29, 1.82) is 0 Å². The molecule has 6 heteroatoms. The highest BCUT2D eigenvalue weighted by molar-refractivity contribution is 7.15. The van der Waals surface area contributed by atoms with Crippen LogP contribution in [0, 0.1) is 0 Å². The van der Waals surface area contributed by atoms with Gasteiger partial charge in [-0.25, -0.2) is 4.98 Å². The average Bonchev–Trinajstić information content (AvgIpc) is 2.74. The fraction of sp³-hybridized carbons (Fsp3) is 0.750. The Labute approximate surface area is 113 Å². The van der Waals surface area contributed by atoms with Gasteiger partial charge in [-0.2, -0.15) is 0 Å². The van der Waals surface area contributed by atoms with Crippen molar-refractivity contribution in [3.8, 4) is 0 Å². The molecule has 5 nitrogen and oxygen atoms in total. The van der Waals surface area contributed by atoms with Gasteiger partial charge < -0.3 is 10.5 Å². The van der Waals surface area contributed by atoms with Crippen LogP contribution in [-0.2, 0) is 11.3 Å². The lowest BCUT2D eigenvalue weighted by molar-refractivity contribution is 0.0561. The van der Waals surface area contributed by atoms with Gasteiger partial charge >= 0.3 is 0 Å². The SMILES string of the molecule is COCCN1CCN(Cc2cnc(N)s2)CC1C. The summed E-state index contributed by atoms with van der Waals surface area (Å²) in [6, 6.07) is 0.583. The summed E-state index contributed by atoms with van der Waals surface area (Å²) in [5.74, 6) is 0. The number of ether oxygens (including phenoxy) is 1. The fourth-order valence-electron chi connectivity index (χ4n) is 2.37. The largest absolute Gasteiger partial charge is 0.383 e. The van der Waals surface area contributed by atoms with Crippen LogP contribution in [0.3, 0.4) is 0 Å². The van der Waals surface area contributed by atoms with E-state index < -0.39 is 0 Å². The molecule has 0 aliphatic carbocycles. The molecule has 0 radical (unpaired) electrons. The van der Waals surface area contributed by atoms with Gasteiger partial charge in [0.2, 0.25) is 0 Å². The Kier molecular flexibility index (Phi) is 4.94. The van der Waals surface area contributed by atoms with Crippen molar-refractivity contribution in [2.24, 2.45) is 0 Å². The van der Waals surface area contributed by atoms with Crippen LogP contribution in [0.2, 0.25) is 0 Å². The number of hydrogen-bond donors (Lipinski definition) is 1. The van der Waals surface area contributed by atoms with E-state index in [0.717, 1.165) is 39.3 Å². The number of nitrogens with two attached hydrogens (primary N) is 1. The Bertz CT molecular complexity index is 371. The van der Waals surface area contributed by atoms with Gasteiger partial charge in [0, 0.05) is 56.9 Å². The normalized spacial score (nSPS) is 22.4. The van der Waals surface area contributed by atoms with Crippen molar-refractivity contribution in [2.75, 3.05) is 45.6 Å². The summed E-state index contributed by atoms with van der Waals surface area (Å²) in [4.78, 5) is 10.3. The summed E-state index contributed by atoms with van der Waals surface area (Å²) in [6.07, 6.45) is 1.89. The second kappa shape index (κ2) is 6.47. The van der Waals surface area contributed by atoms with E-state index in [0.29, 0.717) is 11.2 Å². The zero-order valence-corrected chi connectivity index (χ0v) is 11.9. The molecule has 18 heavy (non-hydrogen) atoms. The van der Waals surface area contributed by atoms with Gasteiger partial charge in [-0.15, -0.1) is 11.3 Å². The van der Waals surface area contributed by atoms with Crippen molar-refractivity contribution in [2.45, 2.75) is 19.5 Å². The highest BCUT2D eigenvalue weighted by Crippen LogP contribution is 2.18. The maximum Gasteiger partial charge on any atom is 0.180 e. The van der Waals surface area contributed by atoms with E-state index >= 15 is 0 Å². The van der Waals surface area contributed by atoms with Gasteiger partial charge in [0.25, 0.3) is 0 Å². The molecule has 0 saturated carbocycles. The van der Waals surface area contributed by atoms with E-state index in [9.17, 15) is 0 Å². The first-order chi connectivity index (χ1) is 8.69. The molecule has 102 valence electrons. The predicted octanol–water partition coefficient (Wildman–Crippen LogP) is 0.878. The number of nitrogens with zero attached hydrogens (tertiary/aromatic N) is 3. The van der Waals surface area contributed by atoms with Crippen LogP contribution in [0.15, 0.2) is 6.20 Å². The lowest BCUT2D eigenvalue weighted by atomic mass is 10.2. The molecular weight excluding hydrogens is 248 g/mol. The molecule has 2 N–H and O–H groups in total. The Balaban J connectivity index is 1.80. The molecule has 1 atom stereocenters. The predicted molar refractivity (Wildman–Crippen MR) is 74.7 cm³/mol. The molecule has 1 unspecified atom stereocenters. The van der Waals surface area contributed by atoms with Crippen molar-refractivity contribution in [1.82, 2.24) is 14.8 Å². The first-order valence-electron chi connectivity index (χ1n) is 6.34. The van der Waals surface area contributed by atoms with E-state index in [1.807, 2.05) is 6.20 Å². The van der Waals surface area contributed by atoms with E-state index in [-0.39, 0.29) is 0 Å². The van der Waals surface area contributed by atoms with Gasteiger partial charge in [-0.05, 0) is 6.92 Å². The Hall–Kier alpha value is -0.690. The van der Waals surface area contributed by atoms with Crippen LogP contribution in [0.5, 0.6) is 0 Å². The highest BCUT2D eigenvalue weighted by Gasteiger charge is 2.23. The van der Waals surface area contributed by atoms with Gasteiger partial charge in [-0.3, -0.25) is 9.80 Å².